The van der Waals surface area contributed by atoms with Crippen LogP contribution in [0.3, 0.4) is 0 Å². The van der Waals surface area contributed by atoms with Gasteiger partial charge in [-0.15, -0.1) is 0 Å². The minimum absolute atomic E-state index is 0.564. The standard InChI is InChI=1S/C17H27OSi.3C4H9.Sn/c1-16(15-19(2,3)4)10-8-9-13-18-14-17-11-6-5-7-12-17;3*1-3-4-2;/h5-7,11-13H,1,8-10,14-15H2,2-4H3;3*1,3-4H2,2H3;. The van der Waals surface area contributed by atoms with Crippen LogP contribution >= 0.6 is 0 Å². The summed E-state index contributed by atoms with van der Waals surface area (Å²) in [4.78, 5) is 0. The molecule has 0 bridgehead atoms. The number of benzene rings is 1. The molecule has 0 heterocycles. The second kappa shape index (κ2) is 16.5. The van der Waals surface area contributed by atoms with Crippen molar-refractivity contribution in [3.63, 3.8) is 0 Å². The number of ether oxygens (including phenoxy) is 1. The Labute approximate surface area is 206 Å². The van der Waals surface area contributed by atoms with Crippen LogP contribution in [0.4, 0.5) is 0 Å². The van der Waals surface area contributed by atoms with E-state index in [1.54, 1.807) is 0 Å². The summed E-state index contributed by atoms with van der Waals surface area (Å²) in [6.07, 6.45) is 12.0. The molecule has 3 heteroatoms. The molecule has 1 atom stereocenters. The van der Waals surface area contributed by atoms with Crippen molar-refractivity contribution >= 4 is 26.5 Å². The first-order valence-electron chi connectivity index (χ1n) is 13.6. The Kier molecular flexibility index (Phi) is 15.5. The van der Waals surface area contributed by atoms with Gasteiger partial charge in [0.25, 0.3) is 0 Å². The van der Waals surface area contributed by atoms with Crippen LogP contribution in [0, 0.1) is 0 Å². The average molecular weight is 566 g/mol. The van der Waals surface area contributed by atoms with Gasteiger partial charge in [-0.25, -0.2) is 0 Å². The summed E-state index contributed by atoms with van der Waals surface area (Å²) in [5.41, 5.74) is 2.82. The first-order valence-corrected chi connectivity index (χ1v) is 25.0. The summed E-state index contributed by atoms with van der Waals surface area (Å²) in [7, 11) is -1.06. The van der Waals surface area contributed by atoms with Crippen LogP contribution in [0.1, 0.15) is 84.1 Å². The van der Waals surface area contributed by atoms with Gasteiger partial charge in [-0.2, -0.15) is 0 Å². The van der Waals surface area contributed by atoms with Gasteiger partial charge in [0.05, 0.1) is 0 Å². The van der Waals surface area contributed by atoms with E-state index in [4.69, 9.17) is 4.74 Å². The topological polar surface area (TPSA) is 9.23 Å². The third-order valence-corrected chi connectivity index (χ3v) is 25.2. The van der Waals surface area contributed by atoms with Gasteiger partial charge >= 0.3 is 208 Å². The summed E-state index contributed by atoms with van der Waals surface area (Å²) in [5, 5.41) is 0. The van der Waals surface area contributed by atoms with E-state index in [9.17, 15) is 0 Å². The van der Waals surface area contributed by atoms with E-state index in [0.717, 1.165) is 6.61 Å². The fourth-order valence-electron chi connectivity index (χ4n) is 5.16. The maximum atomic E-state index is 6.94. The predicted molar refractivity (Wildman–Crippen MR) is 151 cm³/mol. The van der Waals surface area contributed by atoms with E-state index < -0.39 is 26.5 Å². The zero-order valence-electron chi connectivity index (χ0n) is 22.5. The summed E-state index contributed by atoms with van der Waals surface area (Å²) in [5.74, 6) is 0. The van der Waals surface area contributed by atoms with Crippen LogP contribution in [0.5, 0.6) is 0 Å². The Bertz CT molecular complexity index is 586. The molecule has 0 amide bonds. The van der Waals surface area contributed by atoms with Gasteiger partial charge in [0.15, 0.2) is 0 Å². The van der Waals surface area contributed by atoms with E-state index in [1.807, 2.05) is 0 Å². The fourth-order valence-corrected chi connectivity index (χ4v) is 24.4. The molecule has 0 saturated carbocycles. The second-order valence-electron chi connectivity index (χ2n) is 11.3. The number of hydrogen-bond acceptors (Lipinski definition) is 1. The van der Waals surface area contributed by atoms with Gasteiger partial charge in [0, 0.05) is 0 Å². The van der Waals surface area contributed by atoms with Crippen molar-refractivity contribution in [1.82, 2.24) is 0 Å². The monoisotopic (exact) mass is 566 g/mol. The molecule has 0 aliphatic heterocycles. The van der Waals surface area contributed by atoms with Crippen LogP contribution in [-0.4, -0.2) is 30.6 Å². The van der Waals surface area contributed by atoms with Crippen molar-refractivity contribution in [3.05, 3.63) is 48.0 Å². The molecule has 1 unspecified atom stereocenters. The summed E-state index contributed by atoms with van der Waals surface area (Å²) < 4.78 is 12.1. The number of allylic oxidation sites excluding steroid dienone is 1. The fraction of sp³-hybridized carbons (Fsp3) is 0.724. The van der Waals surface area contributed by atoms with Crippen molar-refractivity contribution in [2.45, 2.75) is 128 Å². The molecule has 32 heavy (non-hydrogen) atoms. The molecule has 0 aromatic heterocycles. The Morgan fingerprint density at radius 1 is 0.875 bits per heavy atom. The molecular weight excluding hydrogens is 511 g/mol. The van der Waals surface area contributed by atoms with E-state index in [-0.39, 0.29) is 0 Å². The minimum atomic E-state index is -2.44. The first kappa shape index (κ1) is 30.0. The van der Waals surface area contributed by atoms with Crippen molar-refractivity contribution in [3.8, 4) is 0 Å². The first-order chi connectivity index (χ1) is 15.3. The van der Waals surface area contributed by atoms with Gasteiger partial charge in [0.2, 0.25) is 0 Å². The molecular formula is C29H54OSiSn. The second-order valence-corrected chi connectivity index (χ2v) is 30.7. The van der Waals surface area contributed by atoms with Gasteiger partial charge in [-0.3, -0.25) is 0 Å². The van der Waals surface area contributed by atoms with Crippen molar-refractivity contribution in [2.75, 3.05) is 0 Å². The maximum absolute atomic E-state index is 6.94. The van der Waals surface area contributed by atoms with Gasteiger partial charge < -0.3 is 0 Å². The molecule has 0 N–H and O–H groups in total. The number of hydrogen-bond donors (Lipinski definition) is 0. The van der Waals surface area contributed by atoms with Gasteiger partial charge in [-0.1, -0.05) is 0 Å². The third-order valence-electron chi connectivity index (χ3n) is 6.84. The molecule has 1 aromatic rings. The third kappa shape index (κ3) is 12.4. The zero-order valence-corrected chi connectivity index (χ0v) is 26.3. The molecule has 0 spiro atoms. The van der Waals surface area contributed by atoms with Crippen LogP contribution in [0.15, 0.2) is 42.5 Å². The summed E-state index contributed by atoms with van der Waals surface area (Å²) in [6, 6.07) is 12.1. The Hall–Kier alpha value is -0.0644. The molecule has 0 fully saturated rings. The normalized spacial score (nSPS) is 13.3. The van der Waals surface area contributed by atoms with Gasteiger partial charge in [-0.05, 0) is 0 Å². The van der Waals surface area contributed by atoms with Crippen LogP contribution < -0.4 is 0 Å². The van der Waals surface area contributed by atoms with Crippen molar-refractivity contribution in [2.24, 2.45) is 0 Å². The van der Waals surface area contributed by atoms with Crippen LogP contribution in [0.25, 0.3) is 0 Å². The SMILES string of the molecule is C=C(CCC[CH](OCc1ccccc1)[Sn]([CH2]CCC)([CH2]CCC)[CH2]CCC)C[Si](C)(C)C. The van der Waals surface area contributed by atoms with E-state index in [1.165, 1.54) is 88.3 Å². The molecule has 0 radical (unpaired) electrons. The van der Waals surface area contributed by atoms with Gasteiger partial charge in [0.1, 0.15) is 0 Å². The molecule has 0 aliphatic carbocycles. The van der Waals surface area contributed by atoms with Crippen molar-refractivity contribution < 1.29 is 4.74 Å². The average Bonchev–Trinajstić information content (AvgIpc) is 2.75. The van der Waals surface area contributed by atoms with Crippen LogP contribution in [0.2, 0.25) is 39.0 Å². The molecule has 1 aromatic carbocycles. The molecule has 184 valence electrons. The quantitative estimate of drug-likeness (QED) is 0.120. The Balaban J connectivity index is 3.01. The zero-order chi connectivity index (χ0) is 23.9. The Morgan fingerprint density at radius 2 is 1.41 bits per heavy atom. The molecule has 0 saturated heterocycles. The summed E-state index contributed by atoms with van der Waals surface area (Å²) in [6.45, 7) is 19.8. The van der Waals surface area contributed by atoms with E-state index in [0.29, 0.717) is 4.12 Å². The molecule has 0 aliphatic rings. The van der Waals surface area contributed by atoms with Crippen LogP contribution in [-0.2, 0) is 11.3 Å². The van der Waals surface area contributed by atoms with E-state index >= 15 is 0 Å². The Morgan fingerprint density at radius 3 is 1.88 bits per heavy atom. The summed E-state index contributed by atoms with van der Waals surface area (Å²) >= 11 is -2.44. The molecule has 1 nitrogen and oxygen atoms in total. The predicted octanol–water partition coefficient (Wildman–Crippen LogP) is 10.0. The van der Waals surface area contributed by atoms with E-state index in [2.05, 4.69) is 77.3 Å². The number of rotatable bonds is 19. The number of unbranched alkanes of at least 4 members (excludes halogenated alkanes) is 3. The molecule has 1 rings (SSSR count). The van der Waals surface area contributed by atoms with Crippen molar-refractivity contribution in [1.29, 1.82) is 0 Å².